The SMILES string of the molecule is COc1ccc(C(=O)O)cc1C[C@@H]1C(C)(C)C(=O)C=C[C@@]1(C)O. The van der Waals surface area contributed by atoms with Gasteiger partial charge in [0, 0.05) is 11.3 Å². The molecule has 0 unspecified atom stereocenters. The maximum atomic E-state index is 12.2. The lowest BCUT2D eigenvalue weighted by molar-refractivity contribution is -0.132. The van der Waals surface area contributed by atoms with Crippen LogP contribution in [-0.4, -0.2) is 34.7 Å². The number of aliphatic hydroxyl groups is 1. The second-order valence-corrected chi connectivity index (χ2v) is 6.73. The average Bonchev–Trinajstić information content (AvgIpc) is 2.48. The van der Waals surface area contributed by atoms with Crippen molar-refractivity contribution in [2.75, 3.05) is 7.11 Å². The Morgan fingerprint density at radius 3 is 2.52 bits per heavy atom. The normalized spacial score (nSPS) is 26.1. The highest BCUT2D eigenvalue weighted by Gasteiger charge is 2.47. The van der Waals surface area contributed by atoms with Crippen molar-refractivity contribution in [1.29, 1.82) is 0 Å². The Morgan fingerprint density at radius 2 is 1.96 bits per heavy atom. The van der Waals surface area contributed by atoms with E-state index in [1.54, 1.807) is 26.8 Å². The van der Waals surface area contributed by atoms with E-state index in [1.165, 1.54) is 31.4 Å². The number of carbonyl (C=O) groups excluding carboxylic acids is 1. The van der Waals surface area contributed by atoms with Crippen molar-refractivity contribution in [2.45, 2.75) is 32.8 Å². The number of carboxylic acid groups (broad SMARTS) is 1. The molecule has 5 heteroatoms. The van der Waals surface area contributed by atoms with Crippen molar-refractivity contribution in [3.63, 3.8) is 0 Å². The number of benzene rings is 1. The summed E-state index contributed by atoms with van der Waals surface area (Å²) in [6.45, 7) is 5.26. The molecule has 1 aliphatic rings. The van der Waals surface area contributed by atoms with Crippen LogP contribution in [0, 0.1) is 11.3 Å². The van der Waals surface area contributed by atoms with Gasteiger partial charge in [-0.05, 0) is 49.3 Å². The molecular formula is C18H22O5. The van der Waals surface area contributed by atoms with E-state index in [0.29, 0.717) is 17.7 Å². The van der Waals surface area contributed by atoms with Gasteiger partial charge in [-0.3, -0.25) is 4.79 Å². The number of ether oxygens (including phenoxy) is 1. The molecule has 1 aromatic carbocycles. The van der Waals surface area contributed by atoms with Gasteiger partial charge in [0.1, 0.15) is 5.75 Å². The van der Waals surface area contributed by atoms with E-state index in [4.69, 9.17) is 4.74 Å². The van der Waals surface area contributed by atoms with Crippen LogP contribution >= 0.6 is 0 Å². The molecule has 1 aliphatic carbocycles. The highest BCUT2D eigenvalue weighted by molar-refractivity contribution is 5.96. The van der Waals surface area contributed by atoms with E-state index < -0.39 is 22.9 Å². The molecule has 1 aromatic rings. The summed E-state index contributed by atoms with van der Waals surface area (Å²) in [5.41, 5.74) is -1.12. The summed E-state index contributed by atoms with van der Waals surface area (Å²) in [6, 6.07) is 4.61. The molecule has 23 heavy (non-hydrogen) atoms. The monoisotopic (exact) mass is 318 g/mol. The van der Waals surface area contributed by atoms with E-state index in [-0.39, 0.29) is 11.3 Å². The Bertz CT molecular complexity index is 670. The lowest BCUT2D eigenvalue weighted by Gasteiger charge is -2.43. The van der Waals surface area contributed by atoms with Gasteiger partial charge >= 0.3 is 5.97 Å². The molecule has 0 amide bonds. The zero-order chi connectivity index (χ0) is 17.4. The molecule has 5 nitrogen and oxygen atoms in total. The third-order valence-electron chi connectivity index (χ3n) is 4.74. The van der Waals surface area contributed by atoms with E-state index in [1.807, 2.05) is 0 Å². The minimum Gasteiger partial charge on any atom is -0.496 e. The number of carboxylic acids is 1. The molecular weight excluding hydrogens is 296 g/mol. The molecule has 0 bridgehead atoms. The Kier molecular flexibility index (Phi) is 4.35. The average molecular weight is 318 g/mol. The standard InChI is InChI=1S/C18H22O5/c1-17(2)14(18(3,22)8-7-15(17)19)10-12-9-11(16(20)21)5-6-13(12)23-4/h5-9,14,22H,10H2,1-4H3,(H,20,21)/t14-,18-/m1/s1. The third kappa shape index (κ3) is 3.15. The van der Waals surface area contributed by atoms with E-state index in [0.717, 1.165) is 0 Å². The first-order valence-corrected chi connectivity index (χ1v) is 7.46. The number of carbonyl (C=O) groups is 2. The summed E-state index contributed by atoms with van der Waals surface area (Å²) in [5.74, 6) is -0.934. The number of ketones is 1. The van der Waals surface area contributed by atoms with Crippen LogP contribution in [-0.2, 0) is 11.2 Å². The van der Waals surface area contributed by atoms with Gasteiger partial charge in [0.25, 0.3) is 0 Å². The van der Waals surface area contributed by atoms with Crippen molar-refractivity contribution in [2.24, 2.45) is 11.3 Å². The van der Waals surface area contributed by atoms with Crippen LogP contribution < -0.4 is 4.74 Å². The summed E-state index contributed by atoms with van der Waals surface area (Å²) >= 11 is 0. The molecule has 0 saturated carbocycles. The van der Waals surface area contributed by atoms with Gasteiger partial charge in [0.15, 0.2) is 5.78 Å². The third-order valence-corrected chi connectivity index (χ3v) is 4.74. The first-order valence-electron chi connectivity index (χ1n) is 7.46. The van der Waals surface area contributed by atoms with Crippen LogP contribution in [0.25, 0.3) is 0 Å². The molecule has 0 radical (unpaired) electrons. The number of allylic oxidation sites excluding steroid dienone is 1. The predicted molar refractivity (Wildman–Crippen MR) is 85.7 cm³/mol. The van der Waals surface area contributed by atoms with Crippen molar-refractivity contribution in [1.82, 2.24) is 0 Å². The van der Waals surface area contributed by atoms with Crippen molar-refractivity contribution in [3.8, 4) is 5.75 Å². The van der Waals surface area contributed by atoms with Crippen LogP contribution in [0.1, 0.15) is 36.7 Å². The molecule has 2 rings (SSSR count). The van der Waals surface area contributed by atoms with Gasteiger partial charge in [0.05, 0.1) is 18.3 Å². The van der Waals surface area contributed by atoms with Crippen LogP contribution in [0.2, 0.25) is 0 Å². The molecule has 2 atom stereocenters. The molecule has 2 N–H and O–H groups in total. The summed E-state index contributed by atoms with van der Waals surface area (Å²) < 4.78 is 5.31. The Balaban J connectivity index is 2.47. The number of methoxy groups -OCH3 is 1. The highest BCUT2D eigenvalue weighted by atomic mass is 16.5. The largest absolute Gasteiger partial charge is 0.496 e. The minimum absolute atomic E-state index is 0.0534. The van der Waals surface area contributed by atoms with Crippen LogP contribution in [0.15, 0.2) is 30.4 Å². The van der Waals surface area contributed by atoms with E-state index in [9.17, 15) is 19.8 Å². The van der Waals surface area contributed by atoms with Gasteiger partial charge < -0.3 is 14.9 Å². The first kappa shape index (κ1) is 17.2. The summed E-state index contributed by atoms with van der Waals surface area (Å²) in [5, 5.41) is 19.9. The fourth-order valence-electron chi connectivity index (χ4n) is 3.23. The predicted octanol–water partition coefficient (Wildman–Crippen LogP) is 2.47. The molecule has 0 heterocycles. The van der Waals surface area contributed by atoms with Gasteiger partial charge in [-0.15, -0.1) is 0 Å². The maximum Gasteiger partial charge on any atom is 0.335 e. The van der Waals surface area contributed by atoms with Gasteiger partial charge in [-0.2, -0.15) is 0 Å². The lowest BCUT2D eigenvalue weighted by atomic mass is 9.62. The highest BCUT2D eigenvalue weighted by Crippen LogP contribution is 2.43. The molecule has 124 valence electrons. The first-order chi connectivity index (χ1) is 10.6. The summed E-state index contributed by atoms with van der Waals surface area (Å²) in [7, 11) is 1.51. The number of hydrogen-bond acceptors (Lipinski definition) is 4. The van der Waals surface area contributed by atoms with Gasteiger partial charge in [-0.1, -0.05) is 13.8 Å². The topological polar surface area (TPSA) is 83.8 Å². The zero-order valence-corrected chi connectivity index (χ0v) is 13.8. The maximum absolute atomic E-state index is 12.2. The van der Waals surface area contributed by atoms with E-state index in [2.05, 4.69) is 0 Å². The van der Waals surface area contributed by atoms with Crippen LogP contribution in [0.3, 0.4) is 0 Å². The molecule has 0 fully saturated rings. The van der Waals surface area contributed by atoms with Crippen molar-refractivity contribution in [3.05, 3.63) is 41.5 Å². The van der Waals surface area contributed by atoms with Crippen LogP contribution in [0.4, 0.5) is 0 Å². The quantitative estimate of drug-likeness (QED) is 0.891. The molecule has 0 aromatic heterocycles. The second kappa shape index (κ2) is 5.81. The smallest absolute Gasteiger partial charge is 0.335 e. The molecule has 0 aliphatic heterocycles. The second-order valence-electron chi connectivity index (χ2n) is 6.73. The number of hydrogen-bond donors (Lipinski definition) is 2. The fraction of sp³-hybridized carbons (Fsp3) is 0.444. The molecule has 0 spiro atoms. The fourth-order valence-corrected chi connectivity index (χ4v) is 3.23. The van der Waals surface area contributed by atoms with Crippen molar-refractivity contribution >= 4 is 11.8 Å². The van der Waals surface area contributed by atoms with Gasteiger partial charge in [0.2, 0.25) is 0 Å². The minimum atomic E-state index is -1.17. The zero-order valence-electron chi connectivity index (χ0n) is 13.8. The summed E-state index contributed by atoms with van der Waals surface area (Å²) in [6.07, 6.45) is 3.26. The molecule has 0 saturated heterocycles. The summed E-state index contributed by atoms with van der Waals surface area (Å²) in [4.78, 5) is 23.4. The number of aromatic carboxylic acids is 1. The van der Waals surface area contributed by atoms with Gasteiger partial charge in [-0.25, -0.2) is 4.79 Å². The Labute approximate surface area is 135 Å². The number of rotatable bonds is 4. The van der Waals surface area contributed by atoms with Crippen LogP contribution in [0.5, 0.6) is 5.75 Å². The van der Waals surface area contributed by atoms with E-state index >= 15 is 0 Å². The Hall–Kier alpha value is -2.14. The lowest BCUT2D eigenvalue weighted by Crippen LogP contribution is -2.49. The van der Waals surface area contributed by atoms with Crippen molar-refractivity contribution < 1.29 is 24.5 Å². The Morgan fingerprint density at radius 1 is 1.30 bits per heavy atom.